The van der Waals surface area contributed by atoms with E-state index in [2.05, 4.69) is 11.9 Å². The fourth-order valence-corrected chi connectivity index (χ4v) is 2.27. The van der Waals surface area contributed by atoms with Gasteiger partial charge in [-0.2, -0.15) is 0 Å². The van der Waals surface area contributed by atoms with Gasteiger partial charge in [0.25, 0.3) is 0 Å². The second-order valence-electron chi connectivity index (χ2n) is 4.34. The maximum absolute atomic E-state index is 6.17. The van der Waals surface area contributed by atoms with Gasteiger partial charge < -0.3 is 10.5 Å². The van der Waals surface area contributed by atoms with Crippen LogP contribution in [0.15, 0.2) is 0 Å². The molecule has 1 fully saturated rings. The summed E-state index contributed by atoms with van der Waals surface area (Å²) in [6.07, 6.45) is 6.41. The lowest BCUT2D eigenvalue weighted by Crippen LogP contribution is -2.46. The first kappa shape index (κ1) is 12.0. The van der Waals surface area contributed by atoms with Crippen LogP contribution in [0.4, 0.5) is 0 Å². The Labute approximate surface area is 87.6 Å². The normalized spacial score (nSPS) is 29.1. The minimum Gasteiger partial charge on any atom is -0.383 e. The summed E-state index contributed by atoms with van der Waals surface area (Å²) in [5.74, 6) is 0. The number of ether oxygens (including phenoxy) is 1. The lowest BCUT2D eigenvalue weighted by atomic mass is 10.0. The van der Waals surface area contributed by atoms with Gasteiger partial charge in [0.1, 0.15) is 0 Å². The molecule has 0 aliphatic heterocycles. The molecule has 84 valence electrons. The largest absolute Gasteiger partial charge is 0.383 e. The molecule has 0 aromatic heterocycles. The third-order valence-electron chi connectivity index (χ3n) is 3.25. The van der Waals surface area contributed by atoms with Crippen molar-refractivity contribution >= 4 is 0 Å². The van der Waals surface area contributed by atoms with Gasteiger partial charge >= 0.3 is 0 Å². The van der Waals surface area contributed by atoms with E-state index in [-0.39, 0.29) is 0 Å². The molecule has 1 saturated carbocycles. The van der Waals surface area contributed by atoms with Crippen LogP contribution in [-0.4, -0.2) is 44.3 Å². The lowest BCUT2D eigenvalue weighted by Gasteiger charge is -2.31. The Morgan fingerprint density at radius 3 is 2.71 bits per heavy atom. The highest BCUT2D eigenvalue weighted by Crippen LogP contribution is 2.20. The maximum atomic E-state index is 6.17. The number of hydrogen-bond donors (Lipinski definition) is 1. The van der Waals surface area contributed by atoms with E-state index in [0.717, 1.165) is 13.2 Å². The fraction of sp³-hybridized carbons (Fsp3) is 1.00. The number of likely N-dealkylation sites (N-methyl/N-ethyl adjacent to an activating group) is 1. The zero-order chi connectivity index (χ0) is 10.4. The Kier molecular flexibility index (Phi) is 5.45. The monoisotopic (exact) mass is 200 g/mol. The zero-order valence-corrected chi connectivity index (χ0v) is 9.54. The molecule has 1 aliphatic rings. The minimum atomic E-state index is 0.361. The Hall–Kier alpha value is -0.120. The average molecular weight is 200 g/mol. The van der Waals surface area contributed by atoms with Crippen molar-refractivity contribution in [2.75, 3.05) is 27.3 Å². The fourth-order valence-electron chi connectivity index (χ4n) is 2.27. The molecule has 14 heavy (non-hydrogen) atoms. The Morgan fingerprint density at radius 2 is 2.00 bits per heavy atom. The van der Waals surface area contributed by atoms with E-state index in [1.807, 2.05) is 0 Å². The van der Waals surface area contributed by atoms with E-state index in [4.69, 9.17) is 10.5 Å². The quantitative estimate of drug-likeness (QED) is 0.694. The molecule has 0 heterocycles. The molecule has 3 nitrogen and oxygen atoms in total. The van der Waals surface area contributed by atoms with Crippen molar-refractivity contribution in [1.29, 1.82) is 0 Å². The first-order valence-electron chi connectivity index (χ1n) is 5.70. The van der Waals surface area contributed by atoms with Crippen molar-refractivity contribution in [3.05, 3.63) is 0 Å². The van der Waals surface area contributed by atoms with E-state index in [9.17, 15) is 0 Å². The molecule has 0 saturated heterocycles. The van der Waals surface area contributed by atoms with Crippen LogP contribution in [0.1, 0.15) is 32.1 Å². The molecule has 0 amide bonds. The topological polar surface area (TPSA) is 38.5 Å². The average Bonchev–Trinajstić information content (AvgIpc) is 2.39. The molecular weight excluding hydrogens is 176 g/mol. The van der Waals surface area contributed by atoms with Gasteiger partial charge in [0, 0.05) is 25.7 Å². The van der Waals surface area contributed by atoms with Crippen LogP contribution in [0.25, 0.3) is 0 Å². The summed E-state index contributed by atoms with van der Waals surface area (Å²) in [7, 11) is 3.91. The van der Waals surface area contributed by atoms with Crippen LogP contribution in [0.3, 0.4) is 0 Å². The van der Waals surface area contributed by atoms with E-state index < -0.39 is 0 Å². The molecular formula is C11H24N2O. The smallest absolute Gasteiger partial charge is 0.0589 e. The molecule has 0 aromatic rings. The number of nitrogens with zero attached hydrogens (tertiary/aromatic N) is 1. The van der Waals surface area contributed by atoms with Gasteiger partial charge in [0.15, 0.2) is 0 Å². The third-order valence-corrected chi connectivity index (χ3v) is 3.25. The standard InChI is InChI=1S/C11H24N2O/c1-13(8-9-14-2)11-7-5-3-4-6-10(11)12/h10-11H,3-9,12H2,1-2H3. The van der Waals surface area contributed by atoms with Crippen LogP contribution < -0.4 is 5.73 Å². The third kappa shape index (κ3) is 3.56. The van der Waals surface area contributed by atoms with Crippen molar-refractivity contribution in [3.63, 3.8) is 0 Å². The SMILES string of the molecule is COCCN(C)C1CCCCCC1N. The Balaban J connectivity index is 2.37. The molecule has 1 rings (SSSR count). The van der Waals surface area contributed by atoms with Crippen molar-refractivity contribution in [1.82, 2.24) is 4.90 Å². The summed E-state index contributed by atoms with van der Waals surface area (Å²) in [4.78, 5) is 2.36. The van der Waals surface area contributed by atoms with E-state index in [0.29, 0.717) is 12.1 Å². The molecule has 2 N–H and O–H groups in total. The van der Waals surface area contributed by atoms with Crippen molar-refractivity contribution in [3.8, 4) is 0 Å². The van der Waals surface area contributed by atoms with Gasteiger partial charge in [-0.05, 0) is 19.9 Å². The maximum Gasteiger partial charge on any atom is 0.0589 e. The molecule has 0 aromatic carbocycles. The summed E-state index contributed by atoms with van der Waals surface area (Å²) < 4.78 is 5.09. The van der Waals surface area contributed by atoms with Gasteiger partial charge in [-0.15, -0.1) is 0 Å². The van der Waals surface area contributed by atoms with Crippen LogP contribution in [0.2, 0.25) is 0 Å². The van der Waals surface area contributed by atoms with Crippen LogP contribution >= 0.6 is 0 Å². The molecule has 0 radical (unpaired) electrons. The van der Waals surface area contributed by atoms with E-state index >= 15 is 0 Å². The molecule has 2 atom stereocenters. The summed E-state index contributed by atoms with van der Waals surface area (Å²) in [6, 6.07) is 0.923. The Bertz CT molecular complexity index is 152. The second-order valence-corrected chi connectivity index (χ2v) is 4.34. The van der Waals surface area contributed by atoms with E-state index in [1.54, 1.807) is 7.11 Å². The van der Waals surface area contributed by atoms with Gasteiger partial charge in [0.05, 0.1) is 6.61 Å². The van der Waals surface area contributed by atoms with E-state index in [1.165, 1.54) is 32.1 Å². The van der Waals surface area contributed by atoms with Gasteiger partial charge in [-0.1, -0.05) is 19.3 Å². The highest BCUT2D eigenvalue weighted by atomic mass is 16.5. The summed E-state index contributed by atoms with van der Waals surface area (Å²) in [6.45, 7) is 1.80. The molecule has 0 bridgehead atoms. The van der Waals surface area contributed by atoms with Crippen molar-refractivity contribution in [2.24, 2.45) is 5.73 Å². The molecule has 1 aliphatic carbocycles. The first-order chi connectivity index (χ1) is 6.75. The van der Waals surface area contributed by atoms with Gasteiger partial charge in [-0.3, -0.25) is 4.90 Å². The number of methoxy groups -OCH3 is 1. The van der Waals surface area contributed by atoms with Crippen LogP contribution in [0, 0.1) is 0 Å². The van der Waals surface area contributed by atoms with Gasteiger partial charge in [-0.25, -0.2) is 0 Å². The summed E-state index contributed by atoms with van der Waals surface area (Å²) in [5, 5.41) is 0. The molecule has 2 unspecified atom stereocenters. The molecule has 0 spiro atoms. The predicted molar refractivity (Wildman–Crippen MR) is 59.4 cm³/mol. The van der Waals surface area contributed by atoms with Crippen molar-refractivity contribution in [2.45, 2.75) is 44.2 Å². The highest BCUT2D eigenvalue weighted by molar-refractivity contribution is 4.83. The second kappa shape index (κ2) is 6.38. The summed E-state index contributed by atoms with van der Waals surface area (Å²) >= 11 is 0. The zero-order valence-electron chi connectivity index (χ0n) is 9.54. The Morgan fingerprint density at radius 1 is 1.29 bits per heavy atom. The number of nitrogens with two attached hydrogens (primary N) is 1. The molecule has 3 heteroatoms. The number of hydrogen-bond acceptors (Lipinski definition) is 3. The van der Waals surface area contributed by atoms with Gasteiger partial charge in [0.2, 0.25) is 0 Å². The first-order valence-corrected chi connectivity index (χ1v) is 5.70. The minimum absolute atomic E-state index is 0.361. The lowest BCUT2D eigenvalue weighted by molar-refractivity contribution is 0.125. The van der Waals surface area contributed by atoms with Crippen LogP contribution in [0.5, 0.6) is 0 Å². The van der Waals surface area contributed by atoms with Crippen LogP contribution in [-0.2, 0) is 4.74 Å². The summed E-state index contributed by atoms with van der Waals surface area (Å²) in [5.41, 5.74) is 6.17. The highest BCUT2D eigenvalue weighted by Gasteiger charge is 2.23. The van der Waals surface area contributed by atoms with Crippen molar-refractivity contribution < 1.29 is 4.74 Å². The predicted octanol–water partition coefficient (Wildman–Crippen LogP) is 1.22. The number of rotatable bonds is 4.